The maximum atomic E-state index is 13.7. The number of carbonyl (C=O) groups excluding carboxylic acids is 1. The Hall–Kier alpha value is -1.83. The summed E-state index contributed by atoms with van der Waals surface area (Å²) in [5.41, 5.74) is -0.119. The number of thioether (sulfide) groups is 1. The van der Waals surface area contributed by atoms with Crippen molar-refractivity contribution in [3.8, 4) is 0 Å². The first-order chi connectivity index (χ1) is 11.1. The fraction of sp³-hybridized carbons (Fsp3) is 0.467. The Labute approximate surface area is 136 Å². The molecule has 1 aliphatic carbocycles. The molecule has 122 valence electrons. The van der Waals surface area contributed by atoms with Crippen LogP contribution in [0, 0.1) is 11.6 Å². The van der Waals surface area contributed by atoms with Gasteiger partial charge in [0.05, 0.1) is 16.9 Å². The highest BCUT2D eigenvalue weighted by Crippen LogP contribution is 2.33. The summed E-state index contributed by atoms with van der Waals surface area (Å²) in [5.74, 6) is -1.96. The average molecular weight is 338 g/mol. The zero-order chi connectivity index (χ0) is 16.4. The second kappa shape index (κ2) is 6.74. The summed E-state index contributed by atoms with van der Waals surface area (Å²) in [6, 6.07) is 3.23. The Bertz CT molecular complexity index is 715. The standard InChI is InChI=1S/C15H16F2N4OS/c1-9(14(22)12-7-6-10(16)8-13(12)17)23-15-18-19-20-21(15)11-4-2-3-5-11/h6-9,11H,2-5H2,1H3. The van der Waals surface area contributed by atoms with Crippen molar-refractivity contribution >= 4 is 17.5 Å². The summed E-state index contributed by atoms with van der Waals surface area (Å²) in [6.45, 7) is 1.67. The first-order valence-corrected chi connectivity index (χ1v) is 8.38. The molecule has 1 unspecified atom stereocenters. The molecule has 0 bridgehead atoms. The number of Topliss-reactive ketones (excluding diaryl/α,β-unsaturated/α-hetero) is 1. The fourth-order valence-electron chi connectivity index (χ4n) is 2.76. The second-order valence-corrected chi connectivity index (χ2v) is 6.90. The van der Waals surface area contributed by atoms with E-state index in [1.807, 2.05) is 0 Å². The van der Waals surface area contributed by atoms with Crippen molar-refractivity contribution in [2.45, 2.75) is 49.1 Å². The summed E-state index contributed by atoms with van der Waals surface area (Å²) >= 11 is 1.20. The van der Waals surface area contributed by atoms with Gasteiger partial charge >= 0.3 is 0 Å². The summed E-state index contributed by atoms with van der Waals surface area (Å²) in [4.78, 5) is 12.4. The van der Waals surface area contributed by atoms with E-state index in [-0.39, 0.29) is 11.6 Å². The molecule has 1 aliphatic rings. The SMILES string of the molecule is CC(Sc1nnnn1C1CCCC1)C(=O)c1ccc(F)cc1F. The lowest BCUT2D eigenvalue weighted by atomic mass is 10.1. The van der Waals surface area contributed by atoms with Crippen molar-refractivity contribution in [3.05, 3.63) is 35.4 Å². The zero-order valence-corrected chi connectivity index (χ0v) is 13.4. The highest BCUT2D eigenvalue weighted by atomic mass is 32.2. The molecule has 8 heteroatoms. The van der Waals surface area contributed by atoms with Gasteiger partial charge in [-0.2, -0.15) is 0 Å². The zero-order valence-electron chi connectivity index (χ0n) is 12.6. The van der Waals surface area contributed by atoms with Crippen LogP contribution in [0.4, 0.5) is 8.78 Å². The van der Waals surface area contributed by atoms with Crippen molar-refractivity contribution in [3.63, 3.8) is 0 Å². The normalized spacial score (nSPS) is 16.7. The molecule has 1 heterocycles. The van der Waals surface area contributed by atoms with Crippen LogP contribution < -0.4 is 0 Å². The van der Waals surface area contributed by atoms with Gasteiger partial charge in [-0.25, -0.2) is 13.5 Å². The number of nitrogens with zero attached hydrogens (tertiary/aromatic N) is 4. The highest BCUT2D eigenvalue weighted by molar-refractivity contribution is 8.00. The Morgan fingerprint density at radius 3 is 2.78 bits per heavy atom. The molecule has 0 amide bonds. The summed E-state index contributed by atoms with van der Waals surface area (Å²) in [5, 5.41) is 11.7. The molecule has 1 aromatic carbocycles. The van der Waals surface area contributed by atoms with Gasteiger partial charge in [-0.15, -0.1) is 5.10 Å². The van der Waals surface area contributed by atoms with Gasteiger partial charge in [-0.1, -0.05) is 24.6 Å². The number of ketones is 1. The van der Waals surface area contributed by atoms with Crippen LogP contribution in [0.5, 0.6) is 0 Å². The van der Waals surface area contributed by atoms with Gasteiger partial charge in [-0.05, 0) is 42.3 Å². The first-order valence-electron chi connectivity index (χ1n) is 7.50. The minimum absolute atomic E-state index is 0.119. The first kappa shape index (κ1) is 16.0. The predicted molar refractivity (Wildman–Crippen MR) is 81.3 cm³/mol. The highest BCUT2D eigenvalue weighted by Gasteiger charge is 2.26. The lowest BCUT2D eigenvalue weighted by Crippen LogP contribution is -2.17. The molecule has 0 N–H and O–H groups in total. The van der Waals surface area contributed by atoms with Crippen molar-refractivity contribution in [2.75, 3.05) is 0 Å². The smallest absolute Gasteiger partial charge is 0.210 e. The number of rotatable bonds is 5. The van der Waals surface area contributed by atoms with Crippen LogP contribution in [-0.2, 0) is 0 Å². The van der Waals surface area contributed by atoms with Gasteiger partial charge in [0.1, 0.15) is 11.6 Å². The van der Waals surface area contributed by atoms with Crippen LogP contribution >= 0.6 is 11.8 Å². The minimum Gasteiger partial charge on any atom is -0.293 e. The Morgan fingerprint density at radius 2 is 2.09 bits per heavy atom. The molecule has 1 aromatic heterocycles. The predicted octanol–water partition coefficient (Wildman–Crippen LogP) is 3.43. The van der Waals surface area contributed by atoms with Crippen LogP contribution in [0.1, 0.15) is 49.0 Å². The number of hydrogen-bond acceptors (Lipinski definition) is 5. The van der Waals surface area contributed by atoms with Crippen LogP contribution in [0.25, 0.3) is 0 Å². The van der Waals surface area contributed by atoms with E-state index in [0.717, 1.165) is 31.7 Å². The van der Waals surface area contributed by atoms with Gasteiger partial charge in [0, 0.05) is 6.07 Å². The van der Waals surface area contributed by atoms with Crippen LogP contribution in [-0.4, -0.2) is 31.2 Å². The van der Waals surface area contributed by atoms with Crippen LogP contribution in [0.15, 0.2) is 23.4 Å². The maximum Gasteiger partial charge on any atom is 0.210 e. The molecule has 0 aliphatic heterocycles. The second-order valence-electron chi connectivity index (χ2n) is 5.59. The van der Waals surface area contributed by atoms with E-state index in [9.17, 15) is 13.6 Å². The van der Waals surface area contributed by atoms with E-state index in [1.165, 1.54) is 17.8 Å². The van der Waals surface area contributed by atoms with E-state index >= 15 is 0 Å². The number of carbonyl (C=O) groups is 1. The quantitative estimate of drug-likeness (QED) is 0.617. The Morgan fingerprint density at radius 1 is 1.35 bits per heavy atom. The van der Waals surface area contributed by atoms with E-state index in [0.29, 0.717) is 11.2 Å². The Balaban J connectivity index is 1.75. The number of tetrazole rings is 1. The molecular weight excluding hydrogens is 322 g/mol. The van der Waals surface area contributed by atoms with E-state index in [1.54, 1.807) is 11.6 Å². The van der Waals surface area contributed by atoms with Crippen molar-refractivity contribution in [1.82, 2.24) is 20.2 Å². The van der Waals surface area contributed by atoms with Gasteiger partial charge in [0.15, 0.2) is 5.78 Å². The Kier molecular flexibility index (Phi) is 4.70. The molecule has 1 saturated carbocycles. The lowest BCUT2D eigenvalue weighted by molar-refractivity contribution is 0.0990. The number of benzene rings is 1. The van der Waals surface area contributed by atoms with E-state index in [2.05, 4.69) is 15.5 Å². The maximum absolute atomic E-state index is 13.7. The summed E-state index contributed by atoms with van der Waals surface area (Å²) in [7, 11) is 0. The molecule has 3 rings (SSSR count). The van der Waals surface area contributed by atoms with Crippen LogP contribution in [0.3, 0.4) is 0 Å². The number of aromatic nitrogens is 4. The molecular formula is C15H16F2N4OS. The molecule has 5 nitrogen and oxygen atoms in total. The molecule has 2 aromatic rings. The van der Waals surface area contributed by atoms with Gasteiger partial charge in [0.25, 0.3) is 0 Å². The average Bonchev–Trinajstić information content (AvgIpc) is 3.17. The molecule has 1 atom stereocenters. The van der Waals surface area contributed by atoms with Crippen molar-refractivity contribution in [1.29, 1.82) is 0 Å². The van der Waals surface area contributed by atoms with Gasteiger partial charge in [-0.3, -0.25) is 4.79 Å². The molecule has 0 radical (unpaired) electrons. The third kappa shape index (κ3) is 3.41. The largest absolute Gasteiger partial charge is 0.293 e. The van der Waals surface area contributed by atoms with E-state index < -0.39 is 22.7 Å². The van der Waals surface area contributed by atoms with Gasteiger partial charge < -0.3 is 0 Å². The van der Waals surface area contributed by atoms with Crippen molar-refractivity contribution < 1.29 is 13.6 Å². The summed E-state index contributed by atoms with van der Waals surface area (Å²) in [6.07, 6.45) is 4.33. The molecule has 1 fully saturated rings. The molecule has 0 saturated heterocycles. The molecule has 23 heavy (non-hydrogen) atoms. The topological polar surface area (TPSA) is 60.7 Å². The third-order valence-electron chi connectivity index (χ3n) is 3.98. The van der Waals surface area contributed by atoms with E-state index in [4.69, 9.17) is 0 Å². The number of halogens is 2. The minimum atomic E-state index is -0.849. The summed E-state index contributed by atoms with van der Waals surface area (Å²) < 4.78 is 28.5. The fourth-order valence-corrected chi connectivity index (χ4v) is 3.69. The third-order valence-corrected chi connectivity index (χ3v) is 5.03. The van der Waals surface area contributed by atoms with Crippen molar-refractivity contribution in [2.24, 2.45) is 0 Å². The van der Waals surface area contributed by atoms with Gasteiger partial charge in [0.2, 0.25) is 5.16 Å². The van der Waals surface area contributed by atoms with Crippen LogP contribution in [0.2, 0.25) is 0 Å². The molecule has 0 spiro atoms. The lowest BCUT2D eigenvalue weighted by Gasteiger charge is -2.14. The number of hydrogen-bond donors (Lipinski definition) is 0. The monoisotopic (exact) mass is 338 g/mol.